The highest BCUT2D eigenvalue weighted by Crippen LogP contribution is 2.20. The highest BCUT2D eigenvalue weighted by molar-refractivity contribution is 5.73. The maximum absolute atomic E-state index is 10.9. The molecule has 1 saturated heterocycles. The van der Waals surface area contributed by atoms with Crippen LogP contribution in [-0.2, 0) is 9.53 Å². The van der Waals surface area contributed by atoms with Crippen LogP contribution in [0.25, 0.3) is 0 Å². The van der Waals surface area contributed by atoms with E-state index in [9.17, 15) is 15.0 Å². The van der Waals surface area contributed by atoms with E-state index < -0.39 is 37.1 Å². The lowest BCUT2D eigenvalue weighted by Gasteiger charge is -2.42. The molecule has 5 atom stereocenters. The van der Waals surface area contributed by atoms with Crippen molar-refractivity contribution in [2.24, 2.45) is 5.73 Å². The Hall–Kier alpha value is -0.730. The average Bonchev–Trinajstić information content (AvgIpc) is 2.25. The molecule has 0 spiro atoms. The van der Waals surface area contributed by atoms with Crippen LogP contribution in [0.15, 0.2) is 0 Å². The summed E-state index contributed by atoms with van der Waals surface area (Å²) in [6, 6.07) is -0.764. The molecule has 7 heteroatoms. The molecule has 0 unspecified atom stereocenters. The van der Waals surface area contributed by atoms with Crippen molar-refractivity contribution in [2.45, 2.75) is 37.4 Å². The predicted molar refractivity (Wildman–Crippen MR) is 54.4 cm³/mol. The van der Waals surface area contributed by atoms with E-state index in [-0.39, 0.29) is 12.5 Å². The topological polar surface area (TPSA) is 125 Å². The third kappa shape index (κ3) is 2.69. The second-order valence-electron chi connectivity index (χ2n) is 3.84. The van der Waals surface area contributed by atoms with E-state index >= 15 is 0 Å². The molecule has 1 heterocycles. The SMILES string of the molecule is CC(=O)N[C@@H]1[C@@H](O)[C@H](O)[C@@H](CO)O[C@H]1CN. The van der Waals surface area contributed by atoms with Gasteiger partial charge in [0.2, 0.25) is 5.91 Å². The van der Waals surface area contributed by atoms with Gasteiger partial charge in [0.1, 0.15) is 18.3 Å². The fourth-order valence-corrected chi connectivity index (χ4v) is 1.81. The lowest BCUT2D eigenvalue weighted by molar-refractivity contribution is -0.192. The third-order valence-corrected chi connectivity index (χ3v) is 2.63. The molecular weight excluding hydrogens is 216 g/mol. The molecule has 7 nitrogen and oxygen atoms in total. The minimum atomic E-state index is -1.25. The van der Waals surface area contributed by atoms with Crippen molar-refractivity contribution in [1.29, 1.82) is 0 Å². The molecule has 94 valence electrons. The van der Waals surface area contributed by atoms with Crippen LogP contribution in [-0.4, -0.2) is 64.8 Å². The number of ether oxygens (including phenoxy) is 1. The van der Waals surface area contributed by atoms with Crippen LogP contribution in [0, 0.1) is 0 Å². The van der Waals surface area contributed by atoms with Crippen LogP contribution in [0.1, 0.15) is 6.92 Å². The Kier molecular flexibility index (Phi) is 4.63. The number of nitrogens with two attached hydrogens (primary N) is 1. The Balaban J connectivity index is 2.77. The smallest absolute Gasteiger partial charge is 0.217 e. The summed E-state index contributed by atoms with van der Waals surface area (Å²) in [5.74, 6) is -0.347. The first-order chi connectivity index (χ1) is 7.51. The van der Waals surface area contributed by atoms with Gasteiger partial charge in [-0.1, -0.05) is 0 Å². The van der Waals surface area contributed by atoms with E-state index in [0.717, 1.165) is 0 Å². The molecule has 0 aromatic carbocycles. The second kappa shape index (κ2) is 5.55. The van der Waals surface area contributed by atoms with Gasteiger partial charge in [-0.3, -0.25) is 4.79 Å². The molecule has 0 bridgehead atoms. The Bertz CT molecular complexity index is 248. The molecule has 0 saturated carbocycles. The van der Waals surface area contributed by atoms with Gasteiger partial charge in [-0.25, -0.2) is 0 Å². The number of carbonyl (C=O) groups excluding carboxylic acids is 1. The van der Waals surface area contributed by atoms with Crippen molar-refractivity contribution >= 4 is 5.91 Å². The van der Waals surface area contributed by atoms with E-state index in [0.29, 0.717) is 0 Å². The molecule has 0 aromatic heterocycles. The van der Waals surface area contributed by atoms with Crippen LogP contribution in [0.4, 0.5) is 0 Å². The zero-order valence-corrected chi connectivity index (χ0v) is 9.04. The van der Waals surface area contributed by atoms with Crippen molar-refractivity contribution in [3.8, 4) is 0 Å². The first kappa shape index (κ1) is 13.3. The zero-order chi connectivity index (χ0) is 12.3. The molecule has 0 aromatic rings. The highest BCUT2D eigenvalue weighted by Gasteiger charge is 2.43. The van der Waals surface area contributed by atoms with Crippen molar-refractivity contribution in [1.82, 2.24) is 5.32 Å². The summed E-state index contributed by atoms with van der Waals surface area (Å²) in [5, 5.41) is 30.8. The monoisotopic (exact) mass is 234 g/mol. The fraction of sp³-hybridized carbons (Fsp3) is 0.889. The van der Waals surface area contributed by atoms with E-state index in [1.807, 2.05) is 0 Å². The Morgan fingerprint density at radius 1 is 1.38 bits per heavy atom. The van der Waals surface area contributed by atoms with Crippen LogP contribution in [0.3, 0.4) is 0 Å². The van der Waals surface area contributed by atoms with Crippen LogP contribution >= 0.6 is 0 Å². The summed E-state index contributed by atoms with van der Waals surface area (Å²) in [7, 11) is 0. The predicted octanol–water partition coefficient (Wildman–Crippen LogP) is -3.07. The third-order valence-electron chi connectivity index (χ3n) is 2.63. The number of nitrogens with one attached hydrogen (secondary N) is 1. The molecule has 0 radical (unpaired) electrons. The number of hydrogen-bond acceptors (Lipinski definition) is 6. The lowest BCUT2D eigenvalue weighted by atomic mass is 9.92. The lowest BCUT2D eigenvalue weighted by Crippen LogP contribution is -2.65. The van der Waals surface area contributed by atoms with Gasteiger partial charge in [0.25, 0.3) is 0 Å². The quantitative estimate of drug-likeness (QED) is 0.353. The van der Waals surface area contributed by atoms with Crippen molar-refractivity contribution in [3.63, 3.8) is 0 Å². The number of aliphatic hydroxyl groups excluding tert-OH is 3. The van der Waals surface area contributed by atoms with Gasteiger partial charge in [0.05, 0.1) is 18.8 Å². The number of aliphatic hydroxyl groups is 3. The van der Waals surface area contributed by atoms with Gasteiger partial charge in [0.15, 0.2) is 0 Å². The van der Waals surface area contributed by atoms with Gasteiger partial charge < -0.3 is 31.1 Å². The molecule has 1 amide bonds. The molecule has 1 rings (SSSR count). The van der Waals surface area contributed by atoms with Gasteiger partial charge >= 0.3 is 0 Å². The molecule has 0 aliphatic carbocycles. The highest BCUT2D eigenvalue weighted by atomic mass is 16.5. The van der Waals surface area contributed by atoms with E-state index in [1.165, 1.54) is 6.92 Å². The number of carbonyl (C=O) groups is 1. The number of rotatable bonds is 3. The summed E-state index contributed by atoms with van der Waals surface area (Å²) < 4.78 is 5.28. The Morgan fingerprint density at radius 2 is 2.00 bits per heavy atom. The number of hydrogen-bond donors (Lipinski definition) is 5. The summed E-state index contributed by atoms with van der Waals surface area (Å²) in [5.41, 5.74) is 5.44. The largest absolute Gasteiger partial charge is 0.394 e. The second-order valence-corrected chi connectivity index (χ2v) is 3.84. The summed E-state index contributed by atoms with van der Waals surface area (Å²) in [6.45, 7) is 0.956. The average molecular weight is 234 g/mol. The molecular formula is C9H18N2O5. The van der Waals surface area contributed by atoms with Gasteiger partial charge in [0, 0.05) is 13.5 Å². The van der Waals surface area contributed by atoms with Gasteiger partial charge in [-0.15, -0.1) is 0 Å². The van der Waals surface area contributed by atoms with Crippen molar-refractivity contribution in [2.75, 3.05) is 13.2 Å². The van der Waals surface area contributed by atoms with E-state index in [2.05, 4.69) is 5.32 Å². The Labute approximate surface area is 93.2 Å². The first-order valence-electron chi connectivity index (χ1n) is 5.10. The summed E-state index contributed by atoms with van der Waals surface area (Å²) in [4.78, 5) is 10.9. The molecule has 1 aliphatic rings. The van der Waals surface area contributed by atoms with E-state index in [4.69, 9.17) is 15.6 Å². The van der Waals surface area contributed by atoms with Crippen LogP contribution in [0.5, 0.6) is 0 Å². The minimum absolute atomic E-state index is 0.0746. The van der Waals surface area contributed by atoms with E-state index in [1.54, 1.807) is 0 Å². The van der Waals surface area contributed by atoms with Crippen molar-refractivity contribution in [3.05, 3.63) is 0 Å². The molecule has 1 fully saturated rings. The van der Waals surface area contributed by atoms with Crippen molar-refractivity contribution < 1.29 is 24.9 Å². The minimum Gasteiger partial charge on any atom is -0.394 e. The van der Waals surface area contributed by atoms with Gasteiger partial charge in [-0.2, -0.15) is 0 Å². The summed E-state index contributed by atoms with van der Waals surface area (Å²) in [6.07, 6.45) is -3.96. The molecule has 6 N–H and O–H groups in total. The van der Waals surface area contributed by atoms with Gasteiger partial charge in [-0.05, 0) is 0 Å². The standard InChI is InChI=1S/C9H18N2O5/c1-4(13)11-7-5(2-10)16-6(3-12)8(14)9(7)15/h5-9,12,14-15H,2-3,10H2,1H3,(H,11,13)/t5-,6+,7-,8+,9+/m0/s1. The van der Waals surface area contributed by atoms with Crippen LogP contribution in [0.2, 0.25) is 0 Å². The first-order valence-corrected chi connectivity index (χ1v) is 5.10. The maximum atomic E-state index is 10.9. The zero-order valence-electron chi connectivity index (χ0n) is 9.04. The molecule has 1 aliphatic heterocycles. The Morgan fingerprint density at radius 3 is 2.44 bits per heavy atom. The summed E-state index contributed by atoms with van der Waals surface area (Å²) >= 11 is 0. The van der Waals surface area contributed by atoms with Crippen LogP contribution < -0.4 is 11.1 Å². The normalized spacial score (nSPS) is 39.4. The fourth-order valence-electron chi connectivity index (χ4n) is 1.81. The molecule has 16 heavy (non-hydrogen) atoms. The maximum Gasteiger partial charge on any atom is 0.217 e. The number of amides is 1.